The van der Waals surface area contributed by atoms with Crippen molar-refractivity contribution in [3.63, 3.8) is 0 Å². The summed E-state index contributed by atoms with van der Waals surface area (Å²) in [5, 5.41) is 0. The first kappa shape index (κ1) is 21.7. The minimum absolute atomic E-state index is 0.173. The van der Waals surface area contributed by atoms with Gasteiger partial charge in [0, 0.05) is 17.7 Å². The SMILES string of the molecule is CCCc1ccc(-c2ccc(C(F)(F)Oc3cc(F)c(F)c(F)c3)c(F)c2F)cc1. The van der Waals surface area contributed by atoms with Gasteiger partial charge >= 0.3 is 6.11 Å². The molecule has 0 bridgehead atoms. The van der Waals surface area contributed by atoms with Gasteiger partial charge in [0.1, 0.15) is 11.3 Å². The van der Waals surface area contributed by atoms with Crippen LogP contribution in [0.5, 0.6) is 5.75 Å². The molecule has 3 aromatic carbocycles. The number of rotatable bonds is 6. The summed E-state index contributed by atoms with van der Waals surface area (Å²) in [5.41, 5.74) is -0.451. The Morgan fingerprint density at radius 1 is 0.767 bits per heavy atom. The van der Waals surface area contributed by atoms with E-state index in [1.54, 1.807) is 24.3 Å². The highest BCUT2D eigenvalue weighted by molar-refractivity contribution is 5.65. The Morgan fingerprint density at radius 2 is 1.37 bits per heavy atom. The highest BCUT2D eigenvalue weighted by atomic mass is 19.3. The maximum atomic E-state index is 14.5. The van der Waals surface area contributed by atoms with Crippen LogP contribution in [0.25, 0.3) is 11.1 Å². The molecule has 0 saturated carbocycles. The number of ether oxygens (including phenoxy) is 1. The molecule has 0 aromatic heterocycles. The Labute approximate surface area is 167 Å². The van der Waals surface area contributed by atoms with E-state index in [4.69, 9.17) is 0 Å². The van der Waals surface area contributed by atoms with E-state index >= 15 is 0 Å². The molecule has 0 saturated heterocycles. The van der Waals surface area contributed by atoms with Gasteiger partial charge < -0.3 is 4.74 Å². The molecule has 0 unspecified atom stereocenters. The van der Waals surface area contributed by atoms with Crippen molar-refractivity contribution >= 4 is 0 Å². The first-order valence-corrected chi connectivity index (χ1v) is 8.93. The second-order valence-electron chi connectivity index (χ2n) is 6.56. The number of aryl methyl sites for hydroxylation is 1. The van der Waals surface area contributed by atoms with Gasteiger partial charge in [-0.1, -0.05) is 43.7 Å². The van der Waals surface area contributed by atoms with Crippen molar-refractivity contribution in [2.75, 3.05) is 0 Å². The topological polar surface area (TPSA) is 9.23 Å². The third-order valence-corrected chi connectivity index (χ3v) is 4.40. The van der Waals surface area contributed by atoms with Crippen LogP contribution in [0.4, 0.5) is 30.7 Å². The molecule has 0 aliphatic carbocycles. The fourth-order valence-corrected chi connectivity index (χ4v) is 2.93. The lowest BCUT2D eigenvalue weighted by atomic mass is 10.00. The zero-order chi connectivity index (χ0) is 22.1. The van der Waals surface area contributed by atoms with Gasteiger partial charge in [0.25, 0.3) is 0 Å². The second-order valence-corrected chi connectivity index (χ2v) is 6.56. The number of benzene rings is 3. The van der Waals surface area contributed by atoms with Crippen molar-refractivity contribution in [2.45, 2.75) is 25.9 Å². The first-order chi connectivity index (χ1) is 14.1. The molecule has 8 heteroatoms. The highest BCUT2D eigenvalue weighted by Gasteiger charge is 2.39. The maximum Gasteiger partial charge on any atom is 0.429 e. The summed E-state index contributed by atoms with van der Waals surface area (Å²) in [4.78, 5) is 0. The monoisotopic (exact) mass is 428 g/mol. The van der Waals surface area contributed by atoms with Gasteiger partial charge in [0.05, 0.1) is 0 Å². The second kappa shape index (κ2) is 8.38. The van der Waals surface area contributed by atoms with Crippen LogP contribution in [0.1, 0.15) is 24.5 Å². The lowest BCUT2D eigenvalue weighted by Gasteiger charge is -2.20. The van der Waals surface area contributed by atoms with E-state index in [1.807, 2.05) is 6.92 Å². The van der Waals surface area contributed by atoms with Gasteiger partial charge in [-0.25, -0.2) is 22.0 Å². The molecule has 1 nitrogen and oxygen atoms in total. The van der Waals surface area contributed by atoms with Gasteiger partial charge in [-0.3, -0.25) is 0 Å². The van der Waals surface area contributed by atoms with Crippen molar-refractivity contribution in [3.8, 4) is 16.9 Å². The van der Waals surface area contributed by atoms with Crippen molar-refractivity contribution in [1.82, 2.24) is 0 Å². The van der Waals surface area contributed by atoms with E-state index in [0.717, 1.165) is 24.5 Å². The summed E-state index contributed by atoms with van der Waals surface area (Å²) in [6.07, 6.45) is -2.79. The summed E-state index contributed by atoms with van der Waals surface area (Å²) in [5.74, 6) is -9.92. The molecule has 3 aromatic rings. The average molecular weight is 428 g/mol. The van der Waals surface area contributed by atoms with Crippen LogP contribution in [-0.4, -0.2) is 0 Å². The van der Waals surface area contributed by atoms with Gasteiger partial charge in [-0.2, -0.15) is 8.78 Å². The lowest BCUT2D eigenvalue weighted by Crippen LogP contribution is -2.24. The normalized spacial score (nSPS) is 11.6. The average Bonchev–Trinajstić information content (AvgIpc) is 2.68. The summed E-state index contributed by atoms with van der Waals surface area (Å²) >= 11 is 0. The molecule has 0 spiro atoms. The molecule has 0 fully saturated rings. The van der Waals surface area contributed by atoms with Crippen LogP contribution >= 0.6 is 0 Å². The van der Waals surface area contributed by atoms with E-state index in [1.165, 1.54) is 0 Å². The van der Waals surface area contributed by atoms with Gasteiger partial charge in [-0.05, 0) is 23.6 Å². The fourth-order valence-electron chi connectivity index (χ4n) is 2.93. The van der Waals surface area contributed by atoms with Crippen LogP contribution in [0.2, 0.25) is 0 Å². The molecule has 0 radical (unpaired) electrons. The molecule has 3 rings (SSSR count). The van der Waals surface area contributed by atoms with Gasteiger partial charge in [-0.15, -0.1) is 0 Å². The molecule has 158 valence electrons. The van der Waals surface area contributed by atoms with Crippen molar-refractivity contribution in [2.24, 2.45) is 0 Å². The van der Waals surface area contributed by atoms with Crippen molar-refractivity contribution in [3.05, 3.63) is 88.7 Å². The quantitative estimate of drug-likeness (QED) is 0.300. The van der Waals surface area contributed by atoms with E-state index in [-0.39, 0.29) is 23.3 Å². The van der Waals surface area contributed by atoms with E-state index < -0.39 is 46.5 Å². The Kier molecular flexibility index (Phi) is 6.05. The predicted octanol–water partition coefficient (Wildman–Crippen LogP) is 7.13. The van der Waals surface area contributed by atoms with E-state index in [2.05, 4.69) is 4.74 Å². The minimum atomic E-state index is -4.48. The molecule has 0 N–H and O–H groups in total. The van der Waals surface area contributed by atoms with Gasteiger partial charge in [0.15, 0.2) is 29.1 Å². The maximum absolute atomic E-state index is 14.5. The van der Waals surface area contributed by atoms with Crippen LogP contribution < -0.4 is 4.74 Å². The Hall–Kier alpha value is -3.03. The Morgan fingerprint density at radius 3 is 1.93 bits per heavy atom. The fraction of sp³-hybridized carbons (Fsp3) is 0.182. The number of halogens is 7. The number of alkyl halides is 2. The first-order valence-electron chi connectivity index (χ1n) is 8.93. The largest absolute Gasteiger partial charge is 0.429 e. The summed E-state index contributed by atoms with van der Waals surface area (Å²) in [7, 11) is 0. The van der Waals surface area contributed by atoms with Crippen LogP contribution in [-0.2, 0) is 12.5 Å². The molecular weight excluding hydrogens is 413 g/mol. The smallest absolute Gasteiger partial charge is 0.429 e. The molecule has 0 atom stereocenters. The summed E-state index contributed by atoms with van der Waals surface area (Å²) in [6.45, 7) is 1.98. The zero-order valence-corrected chi connectivity index (χ0v) is 15.6. The van der Waals surface area contributed by atoms with Crippen molar-refractivity contribution in [1.29, 1.82) is 0 Å². The van der Waals surface area contributed by atoms with Crippen LogP contribution in [0.3, 0.4) is 0 Å². The van der Waals surface area contributed by atoms with Crippen LogP contribution in [0.15, 0.2) is 48.5 Å². The molecule has 30 heavy (non-hydrogen) atoms. The zero-order valence-electron chi connectivity index (χ0n) is 15.6. The Balaban J connectivity index is 1.93. The Bertz CT molecular complexity index is 1040. The molecule has 0 heterocycles. The third-order valence-electron chi connectivity index (χ3n) is 4.40. The minimum Gasteiger partial charge on any atom is -0.429 e. The molecule has 0 amide bonds. The number of hydrogen-bond donors (Lipinski definition) is 0. The van der Waals surface area contributed by atoms with E-state index in [9.17, 15) is 30.7 Å². The van der Waals surface area contributed by atoms with Crippen molar-refractivity contribution < 1.29 is 35.5 Å². The van der Waals surface area contributed by atoms with E-state index in [0.29, 0.717) is 6.07 Å². The predicted molar refractivity (Wildman–Crippen MR) is 96.6 cm³/mol. The highest BCUT2D eigenvalue weighted by Crippen LogP contribution is 2.37. The molecule has 0 aliphatic rings. The summed E-state index contributed by atoms with van der Waals surface area (Å²) in [6, 6.07) is 8.44. The standard InChI is InChI=1S/C22H15F7O/c1-2-3-12-4-6-13(7-5-12)15-8-9-16(20(26)19(15)25)22(28,29)30-14-10-17(23)21(27)18(24)11-14/h4-11H,2-3H2,1H3. The number of hydrogen-bond acceptors (Lipinski definition) is 1. The molecule has 0 aliphatic heterocycles. The summed E-state index contributed by atoms with van der Waals surface area (Å²) < 4.78 is 101. The third kappa shape index (κ3) is 4.27. The van der Waals surface area contributed by atoms with Crippen LogP contribution in [0, 0.1) is 29.1 Å². The lowest BCUT2D eigenvalue weighted by molar-refractivity contribution is -0.187. The van der Waals surface area contributed by atoms with Gasteiger partial charge in [0.2, 0.25) is 0 Å². The molecular formula is C22H15F7O.